The number of unbranched alkanes of at least 4 members (excludes halogenated alkanes) is 20. The van der Waals surface area contributed by atoms with Gasteiger partial charge in [-0.05, 0) is 6.07 Å². The van der Waals surface area contributed by atoms with Crippen LogP contribution in [0.25, 0.3) is 0 Å². The molecule has 1 aromatic heterocycles. The van der Waals surface area contributed by atoms with Crippen LogP contribution in [0.2, 0.25) is 0 Å². The van der Waals surface area contributed by atoms with E-state index < -0.39 is 7.26 Å². The van der Waals surface area contributed by atoms with Gasteiger partial charge < -0.3 is 0 Å². The van der Waals surface area contributed by atoms with Gasteiger partial charge in [0.2, 0.25) is 0 Å². The predicted molar refractivity (Wildman–Crippen MR) is 180 cm³/mol. The van der Waals surface area contributed by atoms with Gasteiger partial charge in [0.15, 0.2) is 0 Å². The Morgan fingerprint density at radius 2 is 0.711 bits per heavy atom. The minimum atomic E-state index is -1.04. The van der Waals surface area contributed by atoms with Gasteiger partial charge in [-0.25, -0.2) is 0 Å². The van der Waals surface area contributed by atoms with Crippen LogP contribution < -0.4 is 0 Å². The van der Waals surface area contributed by atoms with Crippen LogP contribution in [-0.2, 0) is 0 Å². The van der Waals surface area contributed by atoms with Crippen LogP contribution in [0.4, 0.5) is 0 Å². The molecule has 1 rings (SSSR count). The van der Waals surface area contributed by atoms with E-state index in [1.165, 1.54) is 128 Å². The van der Waals surface area contributed by atoms with E-state index in [9.17, 15) is 0 Å². The van der Waals surface area contributed by atoms with Gasteiger partial charge in [0, 0.05) is 12.4 Å². The summed E-state index contributed by atoms with van der Waals surface area (Å²) in [5, 5.41) is 6.21. The number of aromatic amines is 1. The van der Waals surface area contributed by atoms with Crippen molar-refractivity contribution in [2.45, 2.75) is 182 Å². The normalized spacial score (nSPS) is 11.9. The summed E-state index contributed by atoms with van der Waals surface area (Å²) in [6, 6.07) is 1.83. The van der Waals surface area contributed by atoms with Crippen LogP contribution in [-0.4, -0.2) is 34.8 Å². The SMILES string of the molecule is CCCCCCCCCCCCCC[PH](CCCCCC)(CCCCCC)CCCCCC.c1cn[nH]c1. The average molecular weight is 553 g/mol. The van der Waals surface area contributed by atoms with Crippen LogP contribution in [0, 0.1) is 0 Å². The smallest absolute Gasteiger partial charge is 0.0487 e. The summed E-state index contributed by atoms with van der Waals surface area (Å²) in [5.74, 6) is 0. The second-order valence-electron chi connectivity index (χ2n) is 12.3. The third-order valence-corrected chi connectivity index (χ3v) is 14.3. The molecule has 0 fully saturated rings. The zero-order valence-electron chi connectivity index (χ0n) is 27.0. The maximum Gasteiger partial charge on any atom is 0.0487 e. The van der Waals surface area contributed by atoms with Crippen molar-refractivity contribution in [3.8, 4) is 0 Å². The molecule has 2 nitrogen and oxygen atoms in total. The Bertz CT molecular complexity index is 468. The Kier molecular flexibility index (Phi) is 30.9. The monoisotopic (exact) mass is 553 g/mol. The molecular weight excluding hydrogens is 479 g/mol. The molecule has 0 aliphatic carbocycles. The molecule has 228 valence electrons. The van der Waals surface area contributed by atoms with E-state index in [1.807, 2.05) is 6.07 Å². The van der Waals surface area contributed by atoms with E-state index in [1.54, 1.807) is 62.7 Å². The van der Waals surface area contributed by atoms with Crippen LogP contribution in [0.1, 0.15) is 182 Å². The van der Waals surface area contributed by atoms with Crippen molar-refractivity contribution >= 4 is 7.26 Å². The molecule has 1 heterocycles. The molecule has 0 atom stereocenters. The molecule has 0 saturated carbocycles. The second-order valence-corrected chi connectivity index (χ2v) is 17.3. The van der Waals surface area contributed by atoms with Crippen molar-refractivity contribution < 1.29 is 0 Å². The molecule has 0 spiro atoms. The minimum absolute atomic E-state index is 1.04. The fourth-order valence-electron chi connectivity index (χ4n) is 6.09. The van der Waals surface area contributed by atoms with Gasteiger partial charge in [-0.15, -0.1) is 0 Å². The van der Waals surface area contributed by atoms with E-state index >= 15 is 0 Å². The summed E-state index contributed by atoms with van der Waals surface area (Å²) < 4.78 is 0. The van der Waals surface area contributed by atoms with Crippen molar-refractivity contribution in [1.82, 2.24) is 10.2 Å². The minimum Gasteiger partial charge on any atom is -0.286 e. The summed E-state index contributed by atoms with van der Waals surface area (Å²) in [7, 11) is -1.04. The van der Waals surface area contributed by atoms with E-state index in [-0.39, 0.29) is 0 Å². The molecule has 1 aromatic rings. The van der Waals surface area contributed by atoms with E-state index in [0.717, 1.165) is 0 Å². The summed E-state index contributed by atoms with van der Waals surface area (Å²) in [6.45, 7) is 9.42. The first kappa shape index (κ1) is 37.6. The number of H-pyrrole nitrogens is 1. The van der Waals surface area contributed by atoms with Crippen molar-refractivity contribution in [2.24, 2.45) is 0 Å². The number of hydrogen-bond acceptors (Lipinski definition) is 1. The molecule has 0 aliphatic heterocycles. The number of nitrogens with zero attached hydrogens (tertiary/aromatic N) is 1. The van der Waals surface area contributed by atoms with Crippen LogP contribution in [0.15, 0.2) is 18.5 Å². The van der Waals surface area contributed by atoms with Crippen LogP contribution in [0.5, 0.6) is 0 Å². The predicted octanol–water partition coefficient (Wildman–Crippen LogP) is 12.6. The van der Waals surface area contributed by atoms with Crippen molar-refractivity contribution in [1.29, 1.82) is 0 Å². The van der Waals surface area contributed by atoms with Gasteiger partial charge >= 0.3 is 200 Å². The Balaban J connectivity index is 0.00000242. The number of aromatic nitrogens is 2. The number of nitrogens with one attached hydrogen (secondary N) is 1. The third kappa shape index (κ3) is 25.9. The maximum atomic E-state index is 3.60. The van der Waals surface area contributed by atoms with Crippen molar-refractivity contribution in [3.63, 3.8) is 0 Å². The first-order valence-electron chi connectivity index (χ1n) is 17.7. The molecule has 0 amide bonds. The molecular formula is C35H73N2P. The molecule has 0 aliphatic rings. The molecule has 0 radical (unpaired) electrons. The van der Waals surface area contributed by atoms with Gasteiger partial charge in [-0.2, -0.15) is 5.10 Å². The quantitative estimate of drug-likeness (QED) is 0.0812. The Morgan fingerprint density at radius 1 is 0.421 bits per heavy atom. The van der Waals surface area contributed by atoms with Gasteiger partial charge in [-0.3, -0.25) is 5.10 Å². The van der Waals surface area contributed by atoms with Crippen LogP contribution in [0.3, 0.4) is 0 Å². The topological polar surface area (TPSA) is 28.7 Å². The Hall–Kier alpha value is -0.360. The zero-order chi connectivity index (χ0) is 27.8. The van der Waals surface area contributed by atoms with Gasteiger partial charge in [0.25, 0.3) is 0 Å². The van der Waals surface area contributed by atoms with Crippen molar-refractivity contribution in [2.75, 3.05) is 24.6 Å². The maximum absolute atomic E-state index is 3.60. The number of rotatable bonds is 28. The number of hydrogen-bond donors (Lipinski definition) is 1. The summed E-state index contributed by atoms with van der Waals surface area (Å²) in [4.78, 5) is 0. The van der Waals surface area contributed by atoms with Crippen LogP contribution >= 0.6 is 7.26 Å². The standard InChI is InChI=1S/C32H69P.C3H4N2/c1-5-9-13-17-18-19-20-21-22-23-24-28-32-33(29-25-14-10-6-2,30-26-15-11-7-3)31-27-16-12-8-4;1-2-4-5-3-1/h33H,5-32H2,1-4H3;1-3H,(H,4,5). The van der Waals surface area contributed by atoms with E-state index in [0.29, 0.717) is 0 Å². The third-order valence-electron chi connectivity index (χ3n) is 8.65. The zero-order valence-corrected chi connectivity index (χ0v) is 28.0. The first-order valence-corrected chi connectivity index (χ1v) is 20.5. The Labute approximate surface area is 242 Å². The summed E-state index contributed by atoms with van der Waals surface area (Å²) in [6.07, 6.45) is 45.8. The van der Waals surface area contributed by atoms with Crippen molar-refractivity contribution in [3.05, 3.63) is 18.5 Å². The van der Waals surface area contributed by atoms with E-state index in [4.69, 9.17) is 0 Å². The fourth-order valence-corrected chi connectivity index (χ4v) is 11.6. The second kappa shape index (κ2) is 31.2. The Morgan fingerprint density at radius 3 is 0.947 bits per heavy atom. The molecule has 38 heavy (non-hydrogen) atoms. The summed E-state index contributed by atoms with van der Waals surface area (Å²) >= 11 is 0. The molecule has 3 heteroatoms. The largest absolute Gasteiger partial charge is 0.286 e. The first-order chi connectivity index (χ1) is 18.7. The molecule has 0 aromatic carbocycles. The molecule has 0 bridgehead atoms. The van der Waals surface area contributed by atoms with Gasteiger partial charge in [0.05, 0.1) is 0 Å². The molecule has 1 N–H and O–H groups in total. The fraction of sp³-hybridized carbons (Fsp3) is 0.914. The average Bonchev–Trinajstić information content (AvgIpc) is 3.53. The summed E-state index contributed by atoms with van der Waals surface area (Å²) in [5.41, 5.74) is 0. The van der Waals surface area contributed by atoms with E-state index in [2.05, 4.69) is 37.9 Å². The van der Waals surface area contributed by atoms with Gasteiger partial charge in [-0.1, -0.05) is 13.3 Å². The molecule has 0 saturated heterocycles. The molecule has 0 unspecified atom stereocenters. The van der Waals surface area contributed by atoms with Gasteiger partial charge in [0.1, 0.15) is 0 Å².